The van der Waals surface area contributed by atoms with Crippen LogP contribution in [0.4, 0.5) is 0 Å². The molecule has 1 saturated heterocycles. The Labute approximate surface area is 158 Å². The van der Waals surface area contributed by atoms with Gasteiger partial charge in [0.05, 0.1) is 4.90 Å². The molecular weight excluding hydrogens is 366 g/mol. The summed E-state index contributed by atoms with van der Waals surface area (Å²) in [5, 5.41) is 0. The molecule has 1 aromatic carbocycles. The fourth-order valence-corrected chi connectivity index (χ4v) is 4.72. The minimum Gasteiger partial charge on any atom is -0.344 e. The molecule has 1 aromatic heterocycles. The number of likely N-dealkylation sites (N-methyl/N-ethyl adjacent to an activating group) is 1. The van der Waals surface area contributed by atoms with Crippen LogP contribution in [0.15, 0.2) is 59.8 Å². The molecule has 8 heteroatoms. The maximum absolute atomic E-state index is 12.9. The van der Waals surface area contributed by atoms with E-state index in [0.717, 1.165) is 9.87 Å². The molecule has 27 heavy (non-hydrogen) atoms. The van der Waals surface area contributed by atoms with Crippen molar-refractivity contribution in [2.24, 2.45) is 0 Å². The molecule has 0 N–H and O–H groups in total. The summed E-state index contributed by atoms with van der Waals surface area (Å²) in [5.74, 6) is -0.908. The van der Waals surface area contributed by atoms with E-state index in [9.17, 15) is 18.0 Å². The first-order chi connectivity index (χ1) is 12.9. The molecule has 1 aliphatic rings. The number of amides is 2. The Morgan fingerprint density at radius 3 is 2.52 bits per heavy atom. The lowest BCUT2D eigenvalue weighted by atomic mass is 10.1. The predicted molar refractivity (Wildman–Crippen MR) is 99.1 cm³/mol. The quantitative estimate of drug-likeness (QED) is 0.749. The number of nitrogens with zero attached hydrogens (tertiary/aromatic N) is 3. The zero-order valence-corrected chi connectivity index (χ0v) is 15.8. The van der Waals surface area contributed by atoms with E-state index in [1.165, 1.54) is 17.0 Å². The van der Waals surface area contributed by atoms with E-state index in [1.54, 1.807) is 37.6 Å². The van der Waals surface area contributed by atoms with Crippen molar-refractivity contribution in [1.29, 1.82) is 0 Å². The van der Waals surface area contributed by atoms with Crippen LogP contribution in [-0.4, -0.2) is 54.1 Å². The highest BCUT2D eigenvalue weighted by atomic mass is 32.2. The maximum atomic E-state index is 12.9. The van der Waals surface area contributed by atoms with Crippen LogP contribution in [0.2, 0.25) is 0 Å². The lowest BCUT2D eigenvalue weighted by Gasteiger charge is -2.27. The van der Waals surface area contributed by atoms with Crippen LogP contribution in [0.1, 0.15) is 18.4 Å². The number of carbonyl (C=O) groups excluding carboxylic acids is 2. The summed E-state index contributed by atoms with van der Waals surface area (Å²) in [6.07, 6.45) is 4.22. The van der Waals surface area contributed by atoms with Crippen LogP contribution in [0.5, 0.6) is 0 Å². The first-order valence-corrected chi connectivity index (χ1v) is 10.1. The van der Waals surface area contributed by atoms with Crippen molar-refractivity contribution < 1.29 is 18.0 Å². The molecule has 1 fully saturated rings. The maximum Gasteiger partial charge on any atom is 0.267 e. The molecule has 142 valence electrons. The number of hydrogen-bond donors (Lipinski definition) is 0. The van der Waals surface area contributed by atoms with Gasteiger partial charge in [-0.2, -0.15) is 0 Å². The van der Waals surface area contributed by atoms with E-state index in [4.69, 9.17) is 0 Å². The molecule has 1 unspecified atom stereocenters. The molecule has 0 aliphatic carbocycles. The van der Waals surface area contributed by atoms with E-state index < -0.39 is 22.0 Å². The fourth-order valence-electron chi connectivity index (χ4n) is 3.10. The van der Waals surface area contributed by atoms with Crippen molar-refractivity contribution >= 4 is 21.8 Å². The molecule has 0 spiro atoms. The largest absolute Gasteiger partial charge is 0.344 e. The Kier molecular flexibility index (Phi) is 5.55. The van der Waals surface area contributed by atoms with Gasteiger partial charge in [0.25, 0.3) is 10.0 Å². The average molecular weight is 387 g/mol. The van der Waals surface area contributed by atoms with E-state index in [0.29, 0.717) is 13.0 Å². The van der Waals surface area contributed by atoms with Gasteiger partial charge in [0, 0.05) is 32.4 Å². The van der Waals surface area contributed by atoms with Gasteiger partial charge in [-0.05, 0) is 42.7 Å². The first kappa shape index (κ1) is 19.0. The lowest BCUT2D eigenvalue weighted by molar-refractivity contribution is -0.136. The highest BCUT2D eigenvalue weighted by Gasteiger charge is 2.44. The molecule has 7 nitrogen and oxygen atoms in total. The van der Waals surface area contributed by atoms with Gasteiger partial charge < -0.3 is 4.90 Å². The second-order valence-electron chi connectivity index (χ2n) is 6.43. The summed E-state index contributed by atoms with van der Waals surface area (Å²) in [6, 6.07) is 10.5. The number of carbonyl (C=O) groups is 2. The predicted octanol–water partition coefficient (Wildman–Crippen LogP) is 1.46. The molecule has 2 heterocycles. The summed E-state index contributed by atoms with van der Waals surface area (Å²) in [7, 11) is -2.43. The van der Waals surface area contributed by atoms with Crippen molar-refractivity contribution in [1.82, 2.24) is 14.2 Å². The van der Waals surface area contributed by atoms with Crippen molar-refractivity contribution in [2.75, 3.05) is 13.6 Å². The normalized spacial score (nSPS) is 17.1. The van der Waals surface area contributed by atoms with Gasteiger partial charge in [0.2, 0.25) is 11.8 Å². The summed E-state index contributed by atoms with van der Waals surface area (Å²) >= 11 is 0. The van der Waals surface area contributed by atoms with Gasteiger partial charge in [-0.15, -0.1) is 0 Å². The Morgan fingerprint density at radius 2 is 1.85 bits per heavy atom. The summed E-state index contributed by atoms with van der Waals surface area (Å²) in [5.41, 5.74) is 1.03. The van der Waals surface area contributed by atoms with Crippen LogP contribution in [0.25, 0.3) is 0 Å². The Morgan fingerprint density at radius 1 is 1.19 bits per heavy atom. The van der Waals surface area contributed by atoms with E-state index in [1.807, 2.05) is 12.1 Å². The molecule has 2 aromatic rings. The zero-order valence-electron chi connectivity index (χ0n) is 15.0. The van der Waals surface area contributed by atoms with Crippen LogP contribution in [0, 0.1) is 0 Å². The lowest BCUT2D eigenvalue weighted by Crippen LogP contribution is -2.48. The molecule has 1 atom stereocenters. The second kappa shape index (κ2) is 7.87. The van der Waals surface area contributed by atoms with Gasteiger partial charge in [-0.3, -0.25) is 14.6 Å². The number of hydrogen-bond acceptors (Lipinski definition) is 5. The standard InChI is InChI=1S/C19H21N3O4S/c1-21(14-11-15-9-12-20-13-10-15)19(24)17-7-8-18(23)22(17)27(25,26)16-5-3-2-4-6-16/h2-6,9-10,12-13,17H,7-8,11,14H2,1H3. The minimum absolute atomic E-state index is 0.0116. The fraction of sp³-hybridized carbons (Fsp3) is 0.316. The number of pyridine rings is 1. The van der Waals surface area contributed by atoms with Gasteiger partial charge in [0.1, 0.15) is 6.04 Å². The van der Waals surface area contributed by atoms with E-state index >= 15 is 0 Å². The van der Waals surface area contributed by atoms with Crippen LogP contribution < -0.4 is 0 Å². The number of aromatic nitrogens is 1. The van der Waals surface area contributed by atoms with Crippen LogP contribution in [-0.2, 0) is 26.0 Å². The monoisotopic (exact) mass is 387 g/mol. The third-order valence-corrected chi connectivity index (χ3v) is 6.45. The third kappa shape index (κ3) is 4.00. The van der Waals surface area contributed by atoms with Crippen LogP contribution in [0.3, 0.4) is 0 Å². The molecule has 0 bridgehead atoms. The van der Waals surface area contributed by atoms with Gasteiger partial charge in [-0.25, -0.2) is 12.7 Å². The van der Waals surface area contributed by atoms with E-state index in [2.05, 4.69) is 4.98 Å². The smallest absolute Gasteiger partial charge is 0.267 e. The highest BCUT2D eigenvalue weighted by molar-refractivity contribution is 7.89. The summed E-state index contributed by atoms with van der Waals surface area (Å²) in [6.45, 7) is 0.423. The molecule has 2 amide bonds. The third-order valence-electron chi connectivity index (χ3n) is 4.61. The Balaban J connectivity index is 1.76. The second-order valence-corrected chi connectivity index (χ2v) is 8.24. The van der Waals surface area contributed by atoms with Crippen molar-refractivity contribution in [3.05, 3.63) is 60.4 Å². The molecular formula is C19H21N3O4S. The van der Waals surface area contributed by atoms with Crippen molar-refractivity contribution in [3.8, 4) is 0 Å². The van der Waals surface area contributed by atoms with Gasteiger partial charge in [0.15, 0.2) is 0 Å². The summed E-state index contributed by atoms with van der Waals surface area (Å²) < 4.78 is 26.5. The topological polar surface area (TPSA) is 87.7 Å². The van der Waals surface area contributed by atoms with Gasteiger partial charge >= 0.3 is 0 Å². The average Bonchev–Trinajstić information content (AvgIpc) is 3.09. The van der Waals surface area contributed by atoms with Crippen molar-refractivity contribution in [2.45, 2.75) is 30.2 Å². The molecule has 0 saturated carbocycles. The van der Waals surface area contributed by atoms with Gasteiger partial charge in [-0.1, -0.05) is 18.2 Å². The highest BCUT2D eigenvalue weighted by Crippen LogP contribution is 2.28. The molecule has 3 rings (SSSR count). The molecule has 1 aliphatic heterocycles. The first-order valence-electron chi connectivity index (χ1n) is 8.67. The summed E-state index contributed by atoms with van der Waals surface area (Å²) in [4.78, 5) is 30.6. The Hall–Kier alpha value is -2.74. The minimum atomic E-state index is -4.05. The number of sulfonamides is 1. The van der Waals surface area contributed by atoms with E-state index in [-0.39, 0.29) is 23.6 Å². The van der Waals surface area contributed by atoms with Crippen LogP contribution >= 0.6 is 0 Å². The zero-order chi connectivity index (χ0) is 19.4. The van der Waals surface area contributed by atoms with Crippen molar-refractivity contribution in [3.63, 3.8) is 0 Å². The Bertz CT molecular complexity index is 916. The number of benzene rings is 1. The molecule has 0 radical (unpaired) electrons. The number of rotatable bonds is 6. The SMILES string of the molecule is CN(CCc1ccncc1)C(=O)C1CCC(=O)N1S(=O)(=O)c1ccccc1.